The molecule has 5 atom stereocenters. The highest BCUT2D eigenvalue weighted by atomic mass is 35.5. The Labute approximate surface area is 277 Å². The number of azide groups is 1. The second kappa shape index (κ2) is 16.7. The summed E-state index contributed by atoms with van der Waals surface area (Å²) in [5.41, 5.74) is 6.02. The van der Waals surface area contributed by atoms with Crippen molar-refractivity contribution in [2.75, 3.05) is 6.61 Å². The number of alkyl halides is 6. The molecule has 0 N–H and O–H groups in total. The normalized spacial score (nSPS) is 21.2. The monoisotopic (exact) mass is 737 g/mol. The lowest BCUT2D eigenvalue weighted by Crippen LogP contribution is -2.59. The second-order valence-corrected chi connectivity index (χ2v) is 11.6. The minimum absolute atomic E-state index is 0.206. The van der Waals surface area contributed by atoms with Crippen molar-refractivity contribution in [1.29, 1.82) is 0 Å². The Hall–Kier alpha value is -3.02. The number of rotatable bonds is 7. The highest BCUT2D eigenvalue weighted by molar-refractivity contribution is 7.99. The number of ether oxygens (including phenoxy) is 4. The molecule has 46 heavy (non-hydrogen) atoms. The van der Waals surface area contributed by atoms with Gasteiger partial charge in [-0.05, 0) is 41.9 Å². The number of carbonyl (C=O) groups excluding carboxylic acids is 3. The van der Waals surface area contributed by atoms with Gasteiger partial charge in [0.15, 0.2) is 0 Å². The van der Waals surface area contributed by atoms with Crippen LogP contribution in [0.2, 0.25) is 10.0 Å². The fraction of sp³-hybridized carbons (Fsp3) is 0.423. The Morgan fingerprint density at radius 3 is 1.89 bits per heavy atom. The Morgan fingerprint density at radius 1 is 0.913 bits per heavy atom. The van der Waals surface area contributed by atoms with Crippen LogP contribution in [-0.4, -0.2) is 54.3 Å². The van der Waals surface area contributed by atoms with Gasteiger partial charge in [0.05, 0.1) is 21.2 Å². The first-order chi connectivity index (χ1) is 21.2. The molecule has 0 bridgehead atoms. The lowest BCUT2D eigenvalue weighted by Gasteiger charge is -2.43. The van der Waals surface area contributed by atoms with Gasteiger partial charge < -0.3 is 18.9 Å². The molecule has 3 rings (SSSR count). The van der Waals surface area contributed by atoms with E-state index in [4.69, 9.17) is 47.7 Å². The number of thiol groups is 1. The standard InChI is InChI=1S/C19H19ClF3N3O7S.C7H4ClF3S/c1-8(27)30-7-14-16(31-9(2)28)15(25-26-24)17(32-10(3)29)18(33-14)34-11-4-5-12(13(20)6-11)19(21,22)23;8-6-3-4(12)1-2-5(6)7(9,10)11/h4-6,14-18H,7H2,1-3H3;1-3,12H/t14-,15+,16+,17-,18-;/m1./s1. The number of benzene rings is 2. The molecule has 20 heteroatoms. The van der Waals surface area contributed by atoms with Gasteiger partial charge in [0.2, 0.25) is 0 Å². The molecule has 0 spiro atoms. The highest BCUT2D eigenvalue weighted by Gasteiger charge is 2.50. The summed E-state index contributed by atoms with van der Waals surface area (Å²) in [6.07, 6.45) is -12.8. The largest absolute Gasteiger partial charge is 0.463 e. The average molecular weight is 739 g/mol. The first-order valence-electron chi connectivity index (χ1n) is 12.5. The molecule has 1 aliphatic heterocycles. The summed E-state index contributed by atoms with van der Waals surface area (Å²) in [7, 11) is 0. The first-order valence-corrected chi connectivity index (χ1v) is 14.6. The molecule has 252 valence electrons. The van der Waals surface area contributed by atoms with Crippen LogP contribution in [-0.2, 0) is 45.7 Å². The van der Waals surface area contributed by atoms with Gasteiger partial charge >= 0.3 is 30.3 Å². The summed E-state index contributed by atoms with van der Waals surface area (Å²) >= 11 is 15.8. The number of hydrogen-bond acceptors (Lipinski definition) is 10. The van der Waals surface area contributed by atoms with Crippen LogP contribution in [0, 0.1) is 0 Å². The Balaban J connectivity index is 0.000000512. The van der Waals surface area contributed by atoms with Crippen molar-refractivity contribution in [2.24, 2.45) is 5.11 Å². The van der Waals surface area contributed by atoms with Crippen molar-refractivity contribution in [3.8, 4) is 0 Å². The topological polar surface area (TPSA) is 137 Å². The fourth-order valence-corrected chi connectivity index (χ4v) is 5.91. The van der Waals surface area contributed by atoms with Crippen LogP contribution in [0.5, 0.6) is 0 Å². The summed E-state index contributed by atoms with van der Waals surface area (Å²) in [5, 5.41) is 2.71. The zero-order valence-corrected chi connectivity index (χ0v) is 26.9. The van der Waals surface area contributed by atoms with Crippen LogP contribution in [0.4, 0.5) is 26.3 Å². The molecule has 10 nitrogen and oxygen atoms in total. The van der Waals surface area contributed by atoms with Crippen molar-refractivity contribution in [3.63, 3.8) is 0 Å². The SMILES string of the molecule is CC(=O)OC[C@H]1O[C@H](Sc2ccc(C(F)(F)F)c(Cl)c2)[C@H](OC(C)=O)[C@@H](N=[N+]=[N-])[C@H]1OC(C)=O.FC(F)(F)c1ccc(S)cc1Cl. The third-order valence-electron chi connectivity index (χ3n) is 5.61. The van der Waals surface area contributed by atoms with Crippen LogP contribution in [0.15, 0.2) is 51.3 Å². The average Bonchev–Trinajstić information content (AvgIpc) is 2.89. The number of halogens is 8. The number of thioether (sulfide) groups is 1. The van der Waals surface area contributed by atoms with Gasteiger partial charge in [-0.2, -0.15) is 26.3 Å². The molecule has 1 fully saturated rings. The molecule has 0 amide bonds. The summed E-state index contributed by atoms with van der Waals surface area (Å²) in [4.78, 5) is 38.1. The van der Waals surface area contributed by atoms with Gasteiger partial charge in [-0.3, -0.25) is 14.4 Å². The Morgan fingerprint density at radius 2 is 1.43 bits per heavy atom. The molecule has 0 aromatic heterocycles. The van der Waals surface area contributed by atoms with E-state index in [2.05, 4.69) is 22.7 Å². The van der Waals surface area contributed by atoms with Gasteiger partial charge in [-0.1, -0.05) is 40.1 Å². The number of carbonyl (C=O) groups is 3. The zero-order valence-electron chi connectivity index (χ0n) is 23.6. The smallest absolute Gasteiger partial charge is 0.417 e. The molecular formula is C26H23Cl2F6N3O7S2. The van der Waals surface area contributed by atoms with Crippen LogP contribution < -0.4 is 0 Å². The molecule has 0 saturated carbocycles. The summed E-state index contributed by atoms with van der Waals surface area (Å²) in [6, 6.07) is 4.96. The number of hydrogen-bond donors (Lipinski definition) is 1. The molecule has 0 aliphatic carbocycles. The van der Waals surface area contributed by atoms with Crippen LogP contribution in [0.1, 0.15) is 31.9 Å². The van der Waals surface area contributed by atoms with Crippen LogP contribution in [0.25, 0.3) is 10.4 Å². The van der Waals surface area contributed by atoms with Crippen LogP contribution >= 0.6 is 47.6 Å². The fourth-order valence-electron chi connectivity index (χ4n) is 3.84. The van der Waals surface area contributed by atoms with E-state index in [1.807, 2.05) is 0 Å². The lowest BCUT2D eigenvalue weighted by molar-refractivity contribution is -0.201. The third-order valence-corrected chi connectivity index (χ3v) is 7.65. The van der Waals surface area contributed by atoms with Crippen molar-refractivity contribution in [3.05, 3.63) is 68.0 Å². The van der Waals surface area contributed by atoms with E-state index in [-0.39, 0.29) is 9.92 Å². The molecular weight excluding hydrogens is 715 g/mol. The quantitative estimate of drug-likeness (QED) is 0.0576. The van der Waals surface area contributed by atoms with Crippen molar-refractivity contribution in [1.82, 2.24) is 0 Å². The van der Waals surface area contributed by atoms with E-state index in [1.54, 1.807) is 0 Å². The van der Waals surface area contributed by atoms with Gasteiger partial charge in [0.25, 0.3) is 0 Å². The van der Waals surface area contributed by atoms with Crippen molar-refractivity contribution >= 4 is 65.5 Å². The predicted octanol–water partition coefficient (Wildman–Crippen LogP) is 7.93. The van der Waals surface area contributed by atoms with E-state index >= 15 is 0 Å². The van der Waals surface area contributed by atoms with E-state index in [0.29, 0.717) is 4.90 Å². The summed E-state index contributed by atoms with van der Waals surface area (Å²) in [6.45, 7) is 2.88. The van der Waals surface area contributed by atoms with E-state index in [9.17, 15) is 40.7 Å². The second-order valence-electron chi connectivity index (χ2n) is 9.11. The van der Waals surface area contributed by atoms with Gasteiger partial charge in [-0.15, -0.1) is 12.6 Å². The maximum absolute atomic E-state index is 13.0. The zero-order chi connectivity index (χ0) is 35.0. The molecule has 0 unspecified atom stereocenters. The van der Waals surface area contributed by atoms with Gasteiger partial charge in [0.1, 0.15) is 36.4 Å². The lowest BCUT2D eigenvalue weighted by atomic mass is 9.97. The third kappa shape index (κ3) is 11.7. The minimum atomic E-state index is -4.67. The molecule has 1 heterocycles. The molecule has 0 radical (unpaired) electrons. The molecule has 2 aromatic carbocycles. The Kier molecular flexibility index (Phi) is 14.2. The minimum Gasteiger partial charge on any atom is -0.463 e. The van der Waals surface area contributed by atoms with Crippen LogP contribution in [0.3, 0.4) is 0 Å². The van der Waals surface area contributed by atoms with Crippen molar-refractivity contribution < 1.29 is 59.7 Å². The summed E-state index contributed by atoms with van der Waals surface area (Å²) < 4.78 is 96.6. The number of esters is 3. The summed E-state index contributed by atoms with van der Waals surface area (Å²) in [5.74, 6) is -2.24. The molecule has 1 saturated heterocycles. The maximum atomic E-state index is 13.0. The van der Waals surface area contributed by atoms with E-state index in [0.717, 1.165) is 62.9 Å². The number of nitrogens with zero attached hydrogens (tertiary/aromatic N) is 3. The molecule has 1 aliphatic rings. The molecule has 2 aromatic rings. The Bertz CT molecular complexity index is 1480. The highest BCUT2D eigenvalue weighted by Crippen LogP contribution is 2.41. The van der Waals surface area contributed by atoms with E-state index in [1.165, 1.54) is 6.07 Å². The van der Waals surface area contributed by atoms with Gasteiger partial charge in [0, 0.05) is 35.5 Å². The van der Waals surface area contributed by atoms with E-state index < -0.39 is 82.8 Å². The maximum Gasteiger partial charge on any atom is 0.417 e. The predicted molar refractivity (Wildman–Crippen MR) is 155 cm³/mol. The van der Waals surface area contributed by atoms with Crippen molar-refractivity contribution in [2.45, 2.75) is 72.7 Å². The first kappa shape index (κ1) is 39.2. The van der Waals surface area contributed by atoms with Gasteiger partial charge in [-0.25, -0.2) is 0 Å².